The predicted octanol–water partition coefficient (Wildman–Crippen LogP) is 2.82. The summed E-state index contributed by atoms with van der Waals surface area (Å²) in [7, 11) is 1.41. The van der Waals surface area contributed by atoms with E-state index in [-0.39, 0.29) is 11.2 Å². The molecule has 7 nitrogen and oxygen atoms in total. The van der Waals surface area contributed by atoms with Crippen molar-refractivity contribution >= 4 is 29.9 Å². The van der Waals surface area contributed by atoms with E-state index < -0.39 is 0 Å². The van der Waals surface area contributed by atoms with Crippen molar-refractivity contribution in [3.8, 4) is 17.2 Å². The van der Waals surface area contributed by atoms with E-state index in [0.717, 1.165) is 17.9 Å². The molecule has 9 heteroatoms. The number of nitrogens with zero attached hydrogens (tertiary/aromatic N) is 3. The number of benzene rings is 1. The summed E-state index contributed by atoms with van der Waals surface area (Å²) in [5.74, 6) is 1.79. The van der Waals surface area contributed by atoms with Gasteiger partial charge in [0.25, 0.3) is 10.7 Å². The molecule has 0 unspecified atom stereocenters. The molecule has 2 aromatic rings. The van der Waals surface area contributed by atoms with Gasteiger partial charge in [-0.15, -0.1) is 16.9 Å². The molecule has 0 aliphatic carbocycles. The zero-order chi connectivity index (χ0) is 18.5. The van der Waals surface area contributed by atoms with E-state index in [4.69, 9.17) is 26.1 Å². The molecule has 1 fully saturated rings. The predicted molar refractivity (Wildman–Crippen MR) is 102 cm³/mol. The number of aromatic nitrogens is 2. The van der Waals surface area contributed by atoms with Crippen molar-refractivity contribution in [1.29, 1.82) is 0 Å². The number of ether oxygens (including phenoxy) is 2. The number of carbonyl (C=O) groups excluding carboxylic acids is 1. The first kappa shape index (κ1) is 18.9. The lowest BCUT2D eigenvalue weighted by molar-refractivity contribution is -0.140. The summed E-state index contributed by atoms with van der Waals surface area (Å²) in [5, 5.41) is 4.32. The molecule has 140 valence electrons. The van der Waals surface area contributed by atoms with Gasteiger partial charge in [0.2, 0.25) is 0 Å². The van der Waals surface area contributed by atoms with Gasteiger partial charge in [-0.3, -0.25) is 9.69 Å². The number of thioether (sulfide) groups is 1. The lowest BCUT2D eigenvalue weighted by Gasteiger charge is -2.30. The molecule has 1 saturated heterocycles. The molecule has 1 aliphatic rings. The highest BCUT2D eigenvalue weighted by molar-refractivity contribution is 8.00. The summed E-state index contributed by atoms with van der Waals surface area (Å²) in [6.45, 7) is 4.39. The molecule has 26 heavy (non-hydrogen) atoms. The molecule has 0 radical (unpaired) electrons. The molecule has 1 aromatic carbocycles. The van der Waals surface area contributed by atoms with Gasteiger partial charge >= 0.3 is 5.97 Å². The molecule has 1 aromatic heterocycles. The Labute approximate surface area is 161 Å². The molecule has 1 atom stereocenters. The van der Waals surface area contributed by atoms with Crippen molar-refractivity contribution in [2.75, 3.05) is 32.6 Å². The fourth-order valence-electron chi connectivity index (χ4n) is 2.72. The third kappa shape index (κ3) is 4.28. The molecule has 0 amide bonds. The largest absolute Gasteiger partial charge is 0.493 e. The number of rotatable bonds is 6. The first-order valence-corrected chi connectivity index (χ1v) is 9.80. The number of hydrogen-bond donors (Lipinski definition) is 0. The van der Waals surface area contributed by atoms with Gasteiger partial charge in [0.1, 0.15) is 11.0 Å². The van der Waals surface area contributed by atoms with Crippen molar-refractivity contribution in [1.82, 2.24) is 14.7 Å². The fourth-order valence-corrected chi connectivity index (χ4v) is 4.10. The average molecular weight is 396 g/mol. The van der Waals surface area contributed by atoms with Crippen molar-refractivity contribution in [2.24, 2.45) is 0 Å². The van der Waals surface area contributed by atoms with Crippen LogP contribution in [0.15, 0.2) is 28.7 Å². The average Bonchev–Trinajstić information content (AvgIpc) is 3.02. The third-order valence-corrected chi connectivity index (χ3v) is 5.43. The highest BCUT2D eigenvalue weighted by Crippen LogP contribution is 2.29. The van der Waals surface area contributed by atoms with Crippen LogP contribution in [0.3, 0.4) is 0 Å². The van der Waals surface area contributed by atoms with Gasteiger partial charge in [0.15, 0.2) is 0 Å². The van der Waals surface area contributed by atoms with Crippen LogP contribution in [0.1, 0.15) is 6.92 Å². The normalized spacial score (nSPS) is 17.8. The molecular formula is C17H21N3O4S2. The van der Waals surface area contributed by atoms with Gasteiger partial charge in [-0.1, -0.05) is 12.1 Å². The maximum absolute atomic E-state index is 11.8. The Kier molecular flexibility index (Phi) is 6.33. The Morgan fingerprint density at radius 1 is 1.46 bits per heavy atom. The molecule has 3 rings (SSSR count). The highest BCUT2D eigenvalue weighted by Gasteiger charge is 2.27. The Hall–Kier alpha value is -1.84. The molecule has 0 spiro atoms. The van der Waals surface area contributed by atoms with Crippen LogP contribution in [-0.4, -0.2) is 58.5 Å². The monoisotopic (exact) mass is 395 g/mol. The van der Waals surface area contributed by atoms with Crippen LogP contribution in [0.5, 0.6) is 5.75 Å². The van der Waals surface area contributed by atoms with Crippen LogP contribution in [0.25, 0.3) is 11.5 Å². The Bertz CT molecular complexity index is 820. The number of hydrogen-bond acceptors (Lipinski definition) is 8. The quantitative estimate of drug-likeness (QED) is 0.546. The second-order valence-corrected chi connectivity index (χ2v) is 7.36. The van der Waals surface area contributed by atoms with E-state index >= 15 is 0 Å². The number of carbonyl (C=O) groups is 1. The number of methoxy groups -OCH3 is 1. The third-order valence-electron chi connectivity index (χ3n) is 3.97. The first-order chi connectivity index (χ1) is 12.6. The van der Waals surface area contributed by atoms with Crippen LogP contribution in [0.4, 0.5) is 0 Å². The van der Waals surface area contributed by atoms with Crippen LogP contribution in [0.2, 0.25) is 0 Å². The van der Waals surface area contributed by atoms with Gasteiger partial charge in [-0.25, -0.2) is 4.68 Å². The second kappa shape index (κ2) is 8.70. The number of esters is 1. The van der Waals surface area contributed by atoms with E-state index in [1.165, 1.54) is 7.11 Å². The summed E-state index contributed by atoms with van der Waals surface area (Å²) in [6.07, 6.45) is 0. The summed E-state index contributed by atoms with van der Waals surface area (Å²) in [4.78, 5) is 14.2. The van der Waals surface area contributed by atoms with Crippen molar-refractivity contribution in [3.05, 3.63) is 29.1 Å². The highest BCUT2D eigenvalue weighted by atomic mass is 32.2. The number of para-hydroxylation sites is 1. The Morgan fingerprint density at radius 2 is 2.27 bits per heavy atom. The summed E-state index contributed by atoms with van der Waals surface area (Å²) >= 11 is 6.93. The summed E-state index contributed by atoms with van der Waals surface area (Å²) < 4.78 is 17.8. The zero-order valence-corrected chi connectivity index (χ0v) is 16.3. The molecule has 1 aliphatic heterocycles. The van der Waals surface area contributed by atoms with E-state index in [9.17, 15) is 4.79 Å². The maximum atomic E-state index is 11.8. The topological polar surface area (TPSA) is 69.7 Å². The molecule has 2 heterocycles. The molecule has 0 saturated carbocycles. The Morgan fingerprint density at radius 3 is 3.04 bits per heavy atom. The fraction of sp³-hybridized carbons (Fsp3) is 0.471. The SMILES string of the molecule is CCOc1ccccc1-c1nn(CN2CCS[C@H](C(=O)OC)C2)c(=S)o1. The van der Waals surface area contributed by atoms with Gasteiger partial charge in [-0.05, 0) is 31.3 Å². The van der Waals surface area contributed by atoms with Gasteiger partial charge in [0, 0.05) is 18.8 Å². The molecule has 0 N–H and O–H groups in total. The smallest absolute Gasteiger partial charge is 0.320 e. The van der Waals surface area contributed by atoms with Gasteiger partial charge in [0.05, 0.1) is 25.9 Å². The minimum atomic E-state index is -0.199. The van der Waals surface area contributed by atoms with E-state index in [2.05, 4.69) is 10.00 Å². The summed E-state index contributed by atoms with van der Waals surface area (Å²) in [5.41, 5.74) is 0.765. The molecular weight excluding hydrogens is 374 g/mol. The second-order valence-electron chi connectivity index (χ2n) is 5.70. The van der Waals surface area contributed by atoms with Crippen molar-refractivity contribution < 1.29 is 18.7 Å². The van der Waals surface area contributed by atoms with Crippen LogP contribution >= 0.6 is 24.0 Å². The van der Waals surface area contributed by atoms with Gasteiger partial charge in [-0.2, -0.15) is 0 Å². The maximum Gasteiger partial charge on any atom is 0.320 e. The van der Waals surface area contributed by atoms with E-state index in [1.807, 2.05) is 31.2 Å². The van der Waals surface area contributed by atoms with Crippen LogP contribution < -0.4 is 4.74 Å². The standard InChI is InChI=1S/C17H21N3O4S2/c1-3-23-13-7-5-4-6-12(13)15-18-20(17(25)24-15)11-19-8-9-26-14(10-19)16(21)22-2/h4-7,14H,3,8-11H2,1-2H3/t14-/m0/s1. The first-order valence-electron chi connectivity index (χ1n) is 8.34. The van der Waals surface area contributed by atoms with Crippen molar-refractivity contribution in [3.63, 3.8) is 0 Å². The minimum absolute atomic E-state index is 0.187. The van der Waals surface area contributed by atoms with E-state index in [0.29, 0.717) is 36.3 Å². The van der Waals surface area contributed by atoms with E-state index in [1.54, 1.807) is 16.4 Å². The minimum Gasteiger partial charge on any atom is -0.493 e. The summed E-state index contributed by atoms with van der Waals surface area (Å²) in [6, 6.07) is 7.57. The zero-order valence-electron chi connectivity index (χ0n) is 14.7. The van der Waals surface area contributed by atoms with Gasteiger partial charge < -0.3 is 13.9 Å². The Balaban J connectivity index is 1.77. The van der Waals surface area contributed by atoms with Crippen LogP contribution in [0, 0.1) is 4.84 Å². The molecule has 0 bridgehead atoms. The van der Waals surface area contributed by atoms with Crippen LogP contribution in [-0.2, 0) is 16.2 Å². The lowest BCUT2D eigenvalue weighted by Crippen LogP contribution is -2.42. The van der Waals surface area contributed by atoms with Crippen molar-refractivity contribution in [2.45, 2.75) is 18.8 Å². The lowest BCUT2D eigenvalue weighted by atomic mass is 10.2.